The molecule has 2 heterocycles. The van der Waals surface area contributed by atoms with Gasteiger partial charge in [0, 0.05) is 38.3 Å². The summed E-state index contributed by atoms with van der Waals surface area (Å²) in [5, 5.41) is 7.08. The number of ether oxygens (including phenoxy) is 1. The minimum atomic E-state index is -0.289. The molecule has 1 atom stereocenters. The Hall–Kier alpha value is -1.13. The molecule has 3 rings (SSSR count). The Morgan fingerprint density at radius 3 is 2.59 bits per heavy atom. The van der Waals surface area contributed by atoms with E-state index in [4.69, 9.17) is 9.73 Å². The van der Waals surface area contributed by atoms with Crippen LogP contribution in [-0.2, 0) is 6.54 Å². The van der Waals surface area contributed by atoms with Gasteiger partial charge in [-0.1, -0.05) is 19.4 Å². The molecule has 6 nitrogen and oxygen atoms in total. The molecule has 2 N–H and O–H groups in total. The van der Waals surface area contributed by atoms with Crippen molar-refractivity contribution in [2.24, 2.45) is 4.99 Å². The number of halogens is 2. The minimum absolute atomic E-state index is 0. The van der Waals surface area contributed by atoms with Crippen molar-refractivity contribution in [1.82, 2.24) is 20.4 Å². The second-order valence-corrected chi connectivity index (χ2v) is 8.66. The number of guanidine groups is 1. The molecular weight excluding hydrogens is 520 g/mol. The van der Waals surface area contributed by atoms with Crippen molar-refractivity contribution in [2.45, 2.75) is 64.6 Å². The van der Waals surface area contributed by atoms with Crippen LogP contribution in [0.4, 0.5) is 4.39 Å². The predicted molar refractivity (Wildman–Crippen MR) is 141 cm³/mol. The van der Waals surface area contributed by atoms with E-state index in [1.54, 1.807) is 12.1 Å². The summed E-state index contributed by atoms with van der Waals surface area (Å²) in [6.07, 6.45) is 6.01. The van der Waals surface area contributed by atoms with Gasteiger partial charge < -0.3 is 15.4 Å². The van der Waals surface area contributed by atoms with Gasteiger partial charge in [0.2, 0.25) is 0 Å². The molecule has 1 aromatic carbocycles. The summed E-state index contributed by atoms with van der Waals surface area (Å²) in [6.45, 7) is 11.2. The van der Waals surface area contributed by atoms with E-state index in [-0.39, 0.29) is 29.8 Å². The van der Waals surface area contributed by atoms with Crippen LogP contribution in [0.25, 0.3) is 0 Å². The summed E-state index contributed by atoms with van der Waals surface area (Å²) in [5.41, 5.74) is 0.993. The van der Waals surface area contributed by atoms with Crippen LogP contribution in [0.1, 0.15) is 51.5 Å². The lowest BCUT2D eigenvalue weighted by Gasteiger charge is -2.35. The highest BCUT2D eigenvalue weighted by Gasteiger charge is 2.22. The third kappa shape index (κ3) is 8.02. The maximum atomic E-state index is 14.0. The number of benzene rings is 1. The lowest BCUT2D eigenvalue weighted by Crippen LogP contribution is -2.49. The number of aliphatic imine (C=N–C) groups is 1. The van der Waals surface area contributed by atoms with Gasteiger partial charge in [-0.05, 0) is 63.4 Å². The van der Waals surface area contributed by atoms with Gasteiger partial charge in [0.25, 0.3) is 0 Å². The topological polar surface area (TPSA) is 52.1 Å². The predicted octanol–water partition coefficient (Wildman–Crippen LogP) is 3.85. The van der Waals surface area contributed by atoms with Gasteiger partial charge in [0.15, 0.2) is 17.5 Å². The van der Waals surface area contributed by atoms with E-state index < -0.39 is 0 Å². The first kappa shape index (κ1) is 27.1. The van der Waals surface area contributed by atoms with Gasteiger partial charge in [-0.25, -0.2) is 4.39 Å². The van der Waals surface area contributed by atoms with E-state index in [9.17, 15) is 4.39 Å². The number of rotatable bonds is 8. The molecule has 0 aromatic heterocycles. The molecule has 32 heavy (non-hydrogen) atoms. The Morgan fingerprint density at radius 1 is 1.16 bits per heavy atom. The van der Waals surface area contributed by atoms with Crippen LogP contribution in [0.5, 0.6) is 5.75 Å². The Labute approximate surface area is 210 Å². The van der Waals surface area contributed by atoms with Gasteiger partial charge in [0.1, 0.15) is 0 Å². The molecule has 0 spiro atoms. The molecule has 2 fully saturated rings. The number of piperidine rings is 2. The summed E-state index contributed by atoms with van der Waals surface area (Å²) in [7, 11) is 1.50. The van der Waals surface area contributed by atoms with Crippen molar-refractivity contribution in [3.63, 3.8) is 0 Å². The molecule has 1 unspecified atom stereocenters. The molecule has 0 bridgehead atoms. The van der Waals surface area contributed by atoms with Crippen LogP contribution in [-0.4, -0.2) is 74.2 Å². The fourth-order valence-corrected chi connectivity index (χ4v) is 4.69. The van der Waals surface area contributed by atoms with Crippen molar-refractivity contribution in [3.05, 3.63) is 29.6 Å². The van der Waals surface area contributed by atoms with Gasteiger partial charge in [0.05, 0.1) is 13.7 Å². The highest BCUT2D eigenvalue weighted by Crippen LogP contribution is 2.20. The second-order valence-electron chi connectivity index (χ2n) is 8.66. The van der Waals surface area contributed by atoms with Crippen LogP contribution in [0, 0.1) is 5.82 Å². The molecule has 1 aromatic rings. The number of nitrogens with one attached hydrogen (secondary N) is 2. The zero-order valence-electron chi connectivity index (χ0n) is 19.9. The molecule has 0 aliphatic carbocycles. The van der Waals surface area contributed by atoms with Gasteiger partial charge in [-0.3, -0.25) is 14.8 Å². The number of likely N-dealkylation sites (N-methyl/N-ethyl adjacent to an activating group) is 1. The Balaban J connectivity index is 0.00000363. The molecule has 2 saturated heterocycles. The first-order valence-corrected chi connectivity index (χ1v) is 12.0. The SMILES string of the molecule is CCNC(=NCC1CCCCN1CC)NC1CCN(Cc2ccc(OC)c(F)c2)CC1.I. The van der Waals surface area contributed by atoms with E-state index >= 15 is 0 Å². The van der Waals surface area contributed by atoms with Gasteiger partial charge in [-0.2, -0.15) is 0 Å². The molecule has 182 valence electrons. The van der Waals surface area contributed by atoms with Gasteiger partial charge >= 0.3 is 0 Å². The van der Waals surface area contributed by atoms with Crippen LogP contribution in [0.15, 0.2) is 23.2 Å². The summed E-state index contributed by atoms with van der Waals surface area (Å²) in [4.78, 5) is 9.89. The highest BCUT2D eigenvalue weighted by atomic mass is 127. The van der Waals surface area contributed by atoms with Crippen molar-refractivity contribution in [2.75, 3.05) is 46.4 Å². The molecule has 8 heteroatoms. The first-order valence-electron chi connectivity index (χ1n) is 12.0. The fourth-order valence-electron chi connectivity index (χ4n) is 4.69. The lowest BCUT2D eigenvalue weighted by atomic mass is 10.0. The van der Waals surface area contributed by atoms with Gasteiger partial charge in [-0.15, -0.1) is 24.0 Å². The third-order valence-electron chi connectivity index (χ3n) is 6.51. The summed E-state index contributed by atoms with van der Waals surface area (Å²) in [6, 6.07) is 6.25. The zero-order valence-corrected chi connectivity index (χ0v) is 22.2. The first-order chi connectivity index (χ1) is 15.1. The molecule has 2 aliphatic heterocycles. The maximum absolute atomic E-state index is 14.0. The summed E-state index contributed by atoms with van der Waals surface area (Å²) < 4.78 is 19.0. The monoisotopic (exact) mass is 561 g/mol. The molecule has 0 radical (unpaired) electrons. The number of hydrogen-bond acceptors (Lipinski definition) is 4. The average molecular weight is 562 g/mol. The fraction of sp³-hybridized carbons (Fsp3) is 0.708. The summed E-state index contributed by atoms with van der Waals surface area (Å²) in [5.74, 6) is 0.958. The smallest absolute Gasteiger partial charge is 0.191 e. The van der Waals surface area contributed by atoms with E-state index in [1.807, 2.05) is 6.07 Å². The van der Waals surface area contributed by atoms with Crippen molar-refractivity contribution < 1.29 is 9.13 Å². The van der Waals surface area contributed by atoms with Crippen molar-refractivity contribution >= 4 is 29.9 Å². The Morgan fingerprint density at radius 2 is 1.94 bits per heavy atom. The van der Waals surface area contributed by atoms with Crippen LogP contribution in [0.3, 0.4) is 0 Å². The van der Waals surface area contributed by atoms with E-state index in [0.717, 1.165) is 63.6 Å². The normalized spacial score (nSPS) is 21.1. The minimum Gasteiger partial charge on any atom is -0.494 e. The zero-order chi connectivity index (χ0) is 22.1. The van der Waals surface area contributed by atoms with E-state index in [0.29, 0.717) is 17.8 Å². The van der Waals surface area contributed by atoms with Crippen LogP contribution >= 0.6 is 24.0 Å². The number of methoxy groups -OCH3 is 1. The third-order valence-corrected chi connectivity index (χ3v) is 6.51. The highest BCUT2D eigenvalue weighted by molar-refractivity contribution is 14.0. The largest absolute Gasteiger partial charge is 0.494 e. The van der Waals surface area contributed by atoms with E-state index in [2.05, 4.69) is 34.3 Å². The molecule has 0 saturated carbocycles. The number of nitrogens with zero attached hydrogens (tertiary/aromatic N) is 3. The number of likely N-dealkylation sites (tertiary alicyclic amines) is 2. The Kier molecular flexibility index (Phi) is 12.0. The van der Waals surface area contributed by atoms with E-state index in [1.165, 1.54) is 32.9 Å². The standard InChI is InChI=1S/C24H40FN5O.HI/c1-4-26-24(27-17-21-8-6-7-13-30(21)5-2)28-20-11-14-29(15-12-20)18-19-9-10-23(31-3)22(25)16-19;/h9-10,16,20-21H,4-8,11-15,17-18H2,1-3H3,(H2,26,27,28);1H. The van der Waals surface area contributed by atoms with Crippen molar-refractivity contribution in [1.29, 1.82) is 0 Å². The average Bonchev–Trinajstić information content (AvgIpc) is 2.79. The molecule has 0 amide bonds. The molecular formula is C24H41FIN5O. The second kappa shape index (κ2) is 14.2. The number of hydrogen-bond donors (Lipinski definition) is 2. The lowest BCUT2D eigenvalue weighted by molar-refractivity contribution is 0.161. The quantitative estimate of drug-likeness (QED) is 0.287. The summed E-state index contributed by atoms with van der Waals surface area (Å²) >= 11 is 0. The molecule has 2 aliphatic rings. The van der Waals surface area contributed by atoms with Crippen molar-refractivity contribution in [3.8, 4) is 5.75 Å². The van der Waals surface area contributed by atoms with Crippen LogP contribution < -0.4 is 15.4 Å². The maximum Gasteiger partial charge on any atom is 0.191 e. The van der Waals surface area contributed by atoms with Crippen LogP contribution in [0.2, 0.25) is 0 Å². The Bertz CT molecular complexity index is 712.